The second-order valence-electron chi connectivity index (χ2n) is 5.91. The molecule has 0 bridgehead atoms. The molecule has 1 saturated heterocycles. The number of carbonyl (C=O) groups is 3. The molecule has 1 atom stereocenters. The summed E-state index contributed by atoms with van der Waals surface area (Å²) in [6, 6.07) is 7.70. The number of imide groups is 1. The number of rotatable bonds is 3. The lowest BCUT2D eigenvalue weighted by Crippen LogP contribution is -2.52. The van der Waals surface area contributed by atoms with E-state index in [4.69, 9.17) is 4.42 Å². The summed E-state index contributed by atoms with van der Waals surface area (Å²) in [6.45, 7) is 0. The highest BCUT2D eigenvalue weighted by Gasteiger charge is 2.28. The van der Waals surface area contributed by atoms with E-state index < -0.39 is 17.9 Å². The second kappa shape index (κ2) is 6.40. The van der Waals surface area contributed by atoms with Crippen molar-refractivity contribution in [3.63, 3.8) is 0 Å². The van der Waals surface area contributed by atoms with Gasteiger partial charge < -0.3 is 9.73 Å². The first-order chi connectivity index (χ1) is 12.6. The Morgan fingerprint density at radius 2 is 2.00 bits per heavy atom. The molecule has 2 N–H and O–H groups in total. The number of aromatic nitrogens is 2. The zero-order valence-corrected chi connectivity index (χ0v) is 13.6. The molecule has 1 aliphatic heterocycles. The van der Waals surface area contributed by atoms with E-state index >= 15 is 0 Å². The van der Waals surface area contributed by atoms with Crippen molar-refractivity contribution >= 4 is 28.8 Å². The van der Waals surface area contributed by atoms with Crippen LogP contribution in [0.1, 0.15) is 23.2 Å². The Balaban J connectivity index is 1.56. The molecule has 1 fully saturated rings. The topological polar surface area (TPSA) is 114 Å². The molecule has 3 amide bonds. The minimum absolute atomic E-state index is 0.203. The van der Waals surface area contributed by atoms with Gasteiger partial charge in [0.15, 0.2) is 5.58 Å². The summed E-state index contributed by atoms with van der Waals surface area (Å²) in [6.07, 6.45) is 3.77. The van der Waals surface area contributed by atoms with Crippen LogP contribution < -0.4 is 10.6 Å². The third-order valence-corrected chi connectivity index (χ3v) is 4.12. The normalized spacial score (nSPS) is 17.2. The highest BCUT2D eigenvalue weighted by atomic mass is 16.3. The van der Waals surface area contributed by atoms with Crippen LogP contribution in [0.5, 0.6) is 0 Å². The van der Waals surface area contributed by atoms with Gasteiger partial charge in [-0.15, -0.1) is 0 Å². The van der Waals surface area contributed by atoms with E-state index in [1.807, 2.05) is 0 Å². The first kappa shape index (κ1) is 15.9. The zero-order valence-electron chi connectivity index (χ0n) is 13.6. The fourth-order valence-corrected chi connectivity index (χ4v) is 2.76. The molecule has 3 heterocycles. The molecule has 1 unspecified atom stereocenters. The molecule has 26 heavy (non-hydrogen) atoms. The summed E-state index contributed by atoms with van der Waals surface area (Å²) in [5.41, 5.74) is 2.23. The van der Waals surface area contributed by atoms with Crippen LogP contribution in [0.4, 0.5) is 0 Å². The molecular formula is C18H14N4O4. The van der Waals surface area contributed by atoms with Gasteiger partial charge in [-0.3, -0.25) is 24.7 Å². The second-order valence-corrected chi connectivity index (χ2v) is 5.91. The summed E-state index contributed by atoms with van der Waals surface area (Å²) < 4.78 is 5.70. The fraction of sp³-hybridized carbons (Fsp3) is 0.167. The molecule has 0 saturated carbocycles. The van der Waals surface area contributed by atoms with Crippen molar-refractivity contribution in [1.82, 2.24) is 20.6 Å². The van der Waals surface area contributed by atoms with Gasteiger partial charge in [-0.2, -0.15) is 0 Å². The van der Waals surface area contributed by atoms with E-state index in [0.29, 0.717) is 22.6 Å². The van der Waals surface area contributed by atoms with Gasteiger partial charge in [0.2, 0.25) is 17.7 Å². The zero-order chi connectivity index (χ0) is 18.1. The van der Waals surface area contributed by atoms with Crippen molar-refractivity contribution in [2.24, 2.45) is 0 Å². The van der Waals surface area contributed by atoms with Crippen LogP contribution in [0.2, 0.25) is 0 Å². The molecule has 8 heteroatoms. The lowest BCUT2D eigenvalue weighted by molar-refractivity contribution is -0.134. The molecular weight excluding hydrogens is 336 g/mol. The Morgan fingerprint density at radius 1 is 1.19 bits per heavy atom. The van der Waals surface area contributed by atoms with Gasteiger partial charge in [-0.1, -0.05) is 0 Å². The quantitative estimate of drug-likeness (QED) is 0.691. The van der Waals surface area contributed by atoms with E-state index in [0.717, 1.165) is 5.56 Å². The number of hydrogen-bond acceptors (Lipinski definition) is 6. The number of piperidine rings is 1. The van der Waals surface area contributed by atoms with Crippen molar-refractivity contribution in [3.8, 4) is 11.5 Å². The predicted octanol–water partition coefficient (Wildman–Crippen LogP) is 1.42. The maximum atomic E-state index is 12.4. The smallest absolute Gasteiger partial charge is 0.252 e. The number of amides is 3. The molecule has 130 valence electrons. The molecule has 2 aromatic heterocycles. The average molecular weight is 350 g/mol. The number of pyridine rings is 1. The number of hydrogen-bond donors (Lipinski definition) is 2. The lowest BCUT2D eigenvalue weighted by atomic mass is 10.1. The monoisotopic (exact) mass is 350 g/mol. The van der Waals surface area contributed by atoms with Crippen LogP contribution in [0.25, 0.3) is 22.6 Å². The Kier molecular flexibility index (Phi) is 3.92. The summed E-state index contributed by atoms with van der Waals surface area (Å²) in [7, 11) is 0. The number of oxazole rings is 1. The van der Waals surface area contributed by atoms with E-state index in [1.165, 1.54) is 0 Å². The molecule has 4 rings (SSSR count). The van der Waals surface area contributed by atoms with Crippen molar-refractivity contribution in [3.05, 3.63) is 48.3 Å². The van der Waals surface area contributed by atoms with E-state index in [-0.39, 0.29) is 18.7 Å². The Bertz CT molecular complexity index is 1010. The maximum Gasteiger partial charge on any atom is 0.252 e. The Morgan fingerprint density at radius 3 is 2.77 bits per heavy atom. The van der Waals surface area contributed by atoms with Crippen molar-refractivity contribution < 1.29 is 18.8 Å². The minimum Gasteiger partial charge on any atom is -0.436 e. The lowest BCUT2D eigenvalue weighted by Gasteiger charge is -2.21. The average Bonchev–Trinajstić information content (AvgIpc) is 3.08. The molecule has 0 aliphatic carbocycles. The van der Waals surface area contributed by atoms with Crippen molar-refractivity contribution in [1.29, 1.82) is 0 Å². The number of benzene rings is 1. The predicted molar refractivity (Wildman–Crippen MR) is 90.9 cm³/mol. The number of nitrogens with zero attached hydrogens (tertiary/aromatic N) is 2. The number of fused-ring (bicyclic) bond motifs is 1. The molecule has 8 nitrogen and oxygen atoms in total. The standard InChI is InChI=1S/C18H14N4O4/c23-15-4-2-12(17(25)22-15)20-16(24)11-1-3-14-13(9-11)21-18(26-14)10-5-7-19-8-6-10/h1,3,5-9,12H,2,4H2,(H,20,24)(H,22,23,25). The van der Waals surface area contributed by atoms with Gasteiger partial charge in [-0.05, 0) is 36.8 Å². The van der Waals surface area contributed by atoms with Crippen LogP contribution in [-0.2, 0) is 9.59 Å². The summed E-state index contributed by atoms with van der Waals surface area (Å²) in [5, 5.41) is 4.85. The minimum atomic E-state index is -0.722. The van der Waals surface area contributed by atoms with Gasteiger partial charge in [0.05, 0.1) is 0 Å². The van der Waals surface area contributed by atoms with Crippen molar-refractivity contribution in [2.75, 3.05) is 0 Å². The van der Waals surface area contributed by atoms with Gasteiger partial charge in [0, 0.05) is 29.9 Å². The van der Waals surface area contributed by atoms with Crippen LogP contribution >= 0.6 is 0 Å². The van der Waals surface area contributed by atoms with Gasteiger partial charge in [0.25, 0.3) is 5.91 Å². The molecule has 3 aromatic rings. The third-order valence-electron chi connectivity index (χ3n) is 4.12. The largest absolute Gasteiger partial charge is 0.436 e. The fourth-order valence-electron chi connectivity index (χ4n) is 2.76. The number of nitrogens with one attached hydrogen (secondary N) is 2. The molecule has 1 aromatic carbocycles. The first-order valence-corrected chi connectivity index (χ1v) is 8.06. The van der Waals surface area contributed by atoms with Gasteiger partial charge in [0.1, 0.15) is 11.6 Å². The summed E-state index contributed by atoms with van der Waals surface area (Å²) >= 11 is 0. The Labute approximate surface area is 147 Å². The molecule has 0 spiro atoms. The number of carbonyl (C=O) groups excluding carboxylic acids is 3. The van der Waals surface area contributed by atoms with Crippen LogP contribution in [0, 0.1) is 0 Å². The Hall–Kier alpha value is -3.55. The van der Waals surface area contributed by atoms with Crippen LogP contribution in [0.15, 0.2) is 47.1 Å². The van der Waals surface area contributed by atoms with Gasteiger partial charge >= 0.3 is 0 Å². The van der Waals surface area contributed by atoms with E-state index in [9.17, 15) is 14.4 Å². The highest BCUT2D eigenvalue weighted by Crippen LogP contribution is 2.24. The van der Waals surface area contributed by atoms with Crippen molar-refractivity contribution in [2.45, 2.75) is 18.9 Å². The van der Waals surface area contributed by atoms with E-state index in [2.05, 4.69) is 20.6 Å². The first-order valence-electron chi connectivity index (χ1n) is 8.06. The SMILES string of the molecule is O=C1CCC(NC(=O)c2ccc3oc(-c4ccncc4)nc3c2)C(=O)N1. The third kappa shape index (κ3) is 3.04. The maximum absolute atomic E-state index is 12.4. The van der Waals surface area contributed by atoms with Crippen LogP contribution in [-0.4, -0.2) is 33.7 Å². The summed E-state index contributed by atoms with van der Waals surface area (Å²) in [4.78, 5) is 43.7. The van der Waals surface area contributed by atoms with E-state index in [1.54, 1.807) is 42.7 Å². The highest BCUT2D eigenvalue weighted by molar-refractivity contribution is 6.04. The van der Waals surface area contributed by atoms with Gasteiger partial charge in [-0.25, -0.2) is 4.98 Å². The van der Waals surface area contributed by atoms with Crippen LogP contribution in [0.3, 0.4) is 0 Å². The molecule has 1 aliphatic rings. The molecule has 0 radical (unpaired) electrons. The summed E-state index contributed by atoms with van der Waals surface area (Å²) in [5.74, 6) is -0.787.